The lowest BCUT2D eigenvalue weighted by molar-refractivity contribution is -0.121. The summed E-state index contributed by atoms with van der Waals surface area (Å²) in [6.07, 6.45) is 1.41. The predicted molar refractivity (Wildman–Crippen MR) is 108 cm³/mol. The van der Waals surface area contributed by atoms with E-state index in [2.05, 4.69) is 16.5 Å². The molecule has 3 aromatic rings. The highest BCUT2D eigenvalue weighted by Crippen LogP contribution is 2.23. The van der Waals surface area contributed by atoms with Gasteiger partial charge in [-0.25, -0.2) is 0 Å². The van der Waals surface area contributed by atoms with Gasteiger partial charge < -0.3 is 4.57 Å². The summed E-state index contributed by atoms with van der Waals surface area (Å²) < 4.78 is 3.15. The number of para-hydroxylation sites is 1. The number of hydrogen-bond donors (Lipinski definition) is 0. The summed E-state index contributed by atoms with van der Waals surface area (Å²) in [6.45, 7) is 2.87. The van der Waals surface area contributed by atoms with Crippen LogP contribution in [0.4, 0.5) is 5.69 Å². The zero-order chi connectivity index (χ0) is 19.7. The van der Waals surface area contributed by atoms with Crippen LogP contribution in [0.3, 0.4) is 0 Å². The molecule has 0 bridgehead atoms. The van der Waals surface area contributed by atoms with Gasteiger partial charge in [0.15, 0.2) is 4.80 Å². The number of hydrogen-bond acceptors (Lipinski definition) is 4. The predicted octanol–water partition coefficient (Wildman–Crippen LogP) is 3.51. The van der Waals surface area contributed by atoms with Gasteiger partial charge in [0.25, 0.3) is 5.91 Å². The zero-order valence-electron chi connectivity index (χ0n) is 15.4. The van der Waals surface area contributed by atoms with Crippen molar-refractivity contribution >= 4 is 45.0 Å². The second kappa shape index (κ2) is 7.52. The van der Waals surface area contributed by atoms with Crippen LogP contribution in [0.1, 0.15) is 36.5 Å². The highest BCUT2D eigenvalue weighted by Gasteiger charge is 2.30. The van der Waals surface area contributed by atoms with Gasteiger partial charge >= 0.3 is 0 Å². The number of aryl methyl sites for hydroxylation is 1. The first-order chi connectivity index (χ1) is 13.6. The number of fused-ring (bicyclic) bond motifs is 1. The molecule has 1 aliphatic heterocycles. The summed E-state index contributed by atoms with van der Waals surface area (Å²) in [4.78, 5) is 42.6. The molecular weight excluding hydrogens is 374 g/mol. The molecule has 0 atom stereocenters. The van der Waals surface area contributed by atoms with Crippen molar-refractivity contribution in [3.8, 4) is 0 Å². The lowest BCUT2D eigenvalue weighted by Gasteiger charge is -2.13. The monoisotopic (exact) mass is 393 g/mol. The number of benzene rings is 2. The quantitative estimate of drug-likeness (QED) is 0.637. The van der Waals surface area contributed by atoms with Crippen LogP contribution in [0.15, 0.2) is 53.5 Å². The van der Waals surface area contributed by atoms with Crippen molar-refractivity contribution in [3.05, 3.63) is 58.9 Å². The minimum Gasteiger partial charge on any atom is -0.316 e. The van der Waals surface area contributed by atoms with Crippen molar-refractivity contribution < 1.29 is 14.4 Å². The van der Waals surface area contributed by atoms with E-state index in [4.69, 9.17) is 0 Å². The van der Waals surface area contributed by atoms with Crippen molar-refractivity contribution in [1.82, 2.24) is 4.57 Å². The summed E-state index contributed by atoms with van der Waals surface area (Å²) in [5, 5.41) is 0. The summed E-state index contributed by atoms with van der Waals surface area (Å²) >= 11 is 1.49. The van der Waals surface area contributed by atoms with E-state index in [-0.39, 0.29) is 30.6 Å². The zero-order valence-corrected chi connectivity index (χ0v) is 16.2. The number of amides is 3. The maximum atomic E-state index is 12.7. The van der Waals surface area contributed by atoms with Gasteiger partial charge in [0.05, 0.1) is 15.9 Å². The maximum Gasteiger partial charge on any atom is 0.279 e. The summed E-state index contributed by atoms with van der Waals surface area (Å²) in [7, 11) is 0. The minimum atomic E-state index is -0.345. The Kier molecular flexibility index (Phi) is 4.92. The molecule has 0 saturated carbocycles. The molecule has 0 aliphatic carbocycles. The van der Waals surface area contributed by atoms with E-state index in [0.717, 1.165) is 23.2 Å². The molecule has 3 amide bonds. The fourth-order valence-electron chi connectivity index (χ4n) is 3.31. The maximum absolute atomic E-state index is 12.7. The minimum absolute atomic E-state index is 0.209. The van der Waals surface area contributed by atoms with Crippen molar-refractivity contribution in [2.45, 2.75) is 32.7 Å². The van der Waals surface area contributed by atoms with Gasteiger partial charge in [0.2, 0.25) is 11.8 Å². The van der Waals surface area contributed by atoms with Crippen LogP contribution in [0.2, 0.25) is 0 Å². The van der Waals surface area contributed by atoms with E-state index in [1.807, 2.05) is 24.3 Å². The number of aromatic nitrogens is 1. The Balaban J connectivity index is 1.67. The van der Waals surface area contributed by atoms with Crippen LogP contribution < -0.4 is 9.70 Å². The van der Waals surface area contributed by atoms with Crippen molar-refractivity contribution in [3.63, 3.8) is 0 Å². The summed E-state index contributed by atoms with van der Waals surface area (Å²) in [5.41, 5.74) is 1.98. The summed E-state index contributed by atoms with van der Waals surface area (Å²) in [5.74, 6) is -0.763. The topological polar surface area (TPSA) is 71.7 Å². The Morgan fingerprint density at radius 2 is 1.71 bits per heavy atom. The first kappa shape index (κ1) is 18.3. The van der Waals surface area contributed by atoms with Crippen LogP contribution in [0, 0.1) is 0 Å². The van der Waals surface area contributed by atoms with Gasteiger partial charge in [-0.05, 0) is 42.8 Å². The van der Waals surface area contributed by atoms with E-state index in [1.54, 1.807) is 24.3 Å². The number of imide groups is 1. The Labute approximate surface area is 165 Å². The number of thiazole rings is 1. The molecule has 142 valence electrons. The molecule has 2 heterocycles. The normalized spacial score (nSPS) is 15.0. The third-order valence-corrected chi connectivity index (χ3v) is 5.72. The largest absolute Gasteiger partial charge is 0.316 e. The van der Waals surface area contributed by atoms with E-state index in [0.29, 0.717) is 16.1 Å². The lowest BCUT2D eigenvalue weighted by atomic mass is 10.2. The van der Waals surface area contributed by atoms with E-state index >= 15 is 0 Å². The van der Waals surface area contributed by atoms with Gasteiger partial charge in [-0.1, -0.05) is 30.4 Å². The second-order valence-corrected chi connectivity index (χ2v) is 7.60. The van der Waals surface area contributed by atoms with Gasteiger partial charge in [-0.15, -0.1) is 0 Å². The molecule has 6 nitrogen and oxygen atoms in total. The first-order valence-corrected chi connectivity index (χ1v) is 10.0. The summed E-state index contributed by atoms with van der Waals surface area (Å²) in [6, 6.07) is 14.5. The standard InChI is InChI=1S/C21H19N3O3S/c1-2-13-23-16-5-3-4-6-17(16)28-21(23)22-20(27)14-7-9-15(10-8-14)24-18(25)11-12-19(24)26/h3-10H,2,11-13H2,1H3. The number of carbonyl (C=O) groups excluding carboxylic acids is 3. The van der Waals surface area contributed by atoms with E-state index < -0.39 is 0 Å². The molecule has 0 unspecified atom stereocenters. The van der Waals surface area contributed by atoms with Crippen LogP contribution in [0.25, 0.3) is 10.2 Å². The third-order valence-electron chi connectivity index (χ3n) is 4.66. The molecule has 0 N–H and O–H groups in total. The molecule has 1 aliphatic rings. The number of anilines is 1. The van der Waals surface area contributed by atoms with Gasteiger partial charge in [-0.3, -0.25) is 19.3 Å². The van der Waals surface area contributed by atoms with Crippen molar-refractivity contribution in [2.75, 3.05) is 4.90 Å². The highest BCUT2D eigenvalue weighted by molar-refractivity contribution is 7.16. The molecule has 0 spiro atoms. The third kappa shape index (κ3) is 3.29. The first-order valence-electron chi connectivity index (χ1n) is 9.22. The second-order valence-electron chi connectivity index (χ2n) is 6.59. The molecule has 1 saturated heterocycles. The van der Waals surface area contributed by atoms with Crippen LogP contribution >= 0.6 is 11.3 Å². The Morgan fingerprint density at radius 1 is 1.04 bits per heavy atom. The Bertz CT molecular complexity index is 1130. The van der Waals surface area contributed by atoms with E-state index in [9.17, 15) is 14.4 Å². The molecule has 28 heavy (non-hydrogen) atoms. The average molecular weight is 393 g/mol. The van der Waals surface area contributed by atoms with Crippen molar-refractivity contribution in [2.24, 2.45) is 4.99 Å². The fraction of sp³-hybridized carbons (Fsp3) is 0.238. The Hall–Kier alpha value is -3.06. The van der Waals surface area contributed by atoms with E-state index in [1.165, 1.54) is 16.2 Å². The van der Waals surface area contributed by atoms with Gasteiger partial charge in [0, 0.05) is 24.9 Å². The highest BCUT2D eigenvalue weighted by atomic mass is 32.1. The molecule has 1 fully saturated rings. The molecule has 1 aromatic heterocycles. The molecular formula is C21H19N3O3S. The number of rotatable bonds is 4. The number of nitrogens with zero attached hydrogens (tertiary/aromatic N) is 3. The lowest BCUT2D eigenvalue weighted by Crippen LogP contribution is -2.28. The van der Waals surface area contributed by atoms with Crippen LogP contribution in [0.5, 0.6) is 0 Å². The molecule has 2 aromatic carbocycles. The molecule has 7 heteroatoms. The number of carbonyl (C=O) groups is 3. The Morgan fingerprint density at radius 3 is 2.39 bits per heavy atom. The SMILES string of the molecule is CCCn1c(=NC(=O)c2ccc(N3C(=O)CCC3=O)cc2)sc2ccccc21. The van der Waals surface area contributed by atoms with Crippen LogP contribution in [-0.4, -0.2) is 22.3 Å². The van der Waals surface area contributed by atoms with Crippen LogP contribution in [-0.2, 0) is 16.1 Å². The molecule has 4 rings (SSSR count). The van der Waals surface area contributed by atoms with Gasteiger partial charge in [-0.2, -0.15) is 4.99 Å². The molecule has 0 radical (unpaired) electrons. The van der Waals surface area contributed by atoms with Crippen molar-refractivity contribution in [1.29, 1.82) is 0 Å². The van der Waals surface area contributed by atoms with Gasteiger partial charge in [0.1, 0.15) is 0 Å². The average Bonchev–Trinajstić information content (AvgIpc) is 3.22. The fourth-order valence-corrected chi connectivity index (χ4v) is 4.37. The smallest absolute Gasteiger partial charge is 0.279 e.